The summed E-state index contributed by atoms with van der Waals surface area (Å²) in [5.41, 5.74) is 0. The highest BCUT2D eigenvalue weighted by atomic mass is 16.2. The van der Waals surface area contributed by atoms with E-state index in [0.29, 0.717) is 0 Å². The lowest BCUT2D eigenvalue weighted by molar-refractivity contribution is -0.135. The number of rotatable bonds is 4. The van der Waals surface area contributed by atoms with Crippen molar-refractivity contribution in [3.05, 3.63) is 0 Å². The van der Waals surface area contributed by atoms with Crippen molar-refractivity contribution in [2.45, 2.75) is 26.3 Å². The van der Waals surface area contributed by atoms with E-state index in [1.807, 2.05) is 0 Å². The number of hydrogen-bond donors (Lipinski definition) is 1. The standard InChI is InChI=1S/C9H16N2O3/c1-6(12)5-8(13)10-7(2)9(14)11(3)4/h7H,5H2,1-4H3,(H,10,13). The smallest absolute Gasteiger partial charge is 0.244 e. The average Bonchev–Trinajstić information content (AvgIpc) is 2.00. The molecule has 0 aliphatic rings. The van der Waals surface area contributed by atoms with Crippen molar-refractivity contribution in [3.63, 3.8) is 0 Å². The van der Waals surface area contributed by atoms with Crippen molar-refractivity contribution in [1.29, 1.82) is 0 Å². The molecule has 5 nitrogen and oxygen atoms in total. The van der Waals surface area contributed by atoms with Gasteiger partial charge in [-0.15, -0.1) is 0 Å². The van der Waals surface area contributed by atoms with E-state index < -0.39 is 11.9 Å². The molecule has 80 valence electrons. The number of ketones is 1. The molecule has 5 heteroatoms. The first-order valence-corrected chi connectivity index (χ1v) is 4.34. The fraction of sp³-hybridized carbons (Fsp3) is 0.667. The second-order valence-corrected chi connectivity index (χ2v) is 3.40. The topological polar surface area (TPSA) is 66.5 Å². The molecule has 0 bridgehead atoms. The van der Waals surface area contributed by atoms with E-state index >= 15 is 0 Å². The van der Waals surface area contributed by atoms with Crippen LogP contribution in [0.2, 0.25) is 0 Å². The maximum atomic E-state index is 11.3. The van der Waals surface area contributed by atoms with Crippen molar-refractivity contribution < 1.29 is 14.4 Å². The Kier molecular flexibility index (Phi) is 4.83. The average molecular weight is 200 g/mol. The summed E-state index contributed by atoms with van der Waals surface area (Å²) in [7, 11) is 3.21. The SMILES string of the molecule is CC(=O)CC(=O)NC(C)C(=O)N(C)C. The van der Waals surface area contributed by atoms with Crippen LogP contribution in [0, 0.1) is 0 Å². The molecule has 0 saturated heterocycles. The van der Waals surface area contributed by atoms with Crippen LogP contribution >= 0.6 is 0 Å². The van der Waals surface area contributed by atoms with E-state index in [0.717, 1.165) is 0 Å². The number of Topliss-reactive ketones (excluding diaryl/α,β-unsaturated/α-hetero) is 1. The molecule has 0 rings (SSSR count). The van der Waals surface area contributed by atoms with E-state index in [-0.39, 0.29) is 18.1 Å². The highest BCUT2D eigenvalue weighted by Gasteiger charge is 2.17. The minimum atomic E-state index is -0.586. The molecule has 2 amide bonds. The summed E-state index contributed by atoms with van der Waals surface area (Å²) in [6, 6.07) is -0.586. The van der Waals surface area contributed by atoms with Crippen molar-refractivity contribution in [3.8, 4) is 0 Å². The third-order valence-corrected chi connectivity index (χ3v) is 1.60. The zero-order valence-corrected chi connectivity index (χ0v) is 8.96. The minimum Gasteiger partial charge on any atom is -0.347 e. The molecule has 1 unspecified atom stereocenters. The highest BCUT2D eigenvalue weighted by Crippen LogP contribution is 1.90. The third kappa shape index (κ3) is 4.59. The van der Waals surface area contributed by atoms with Gasteiger partial charge in [0, 0.05) is 14.1 Å². The number of carbonyl (C=O) groups excluding carboxylic acids is 3. The van der Waals surface area contributed by atoms with E-state index in [4.69, 9.17) is 0 Å². The Morgan fingerprint density at radius 1 is 1.29 bits per heavy atom. The predicted octanol–water partition coefficient (Wildman–Crippen LogP) is -0.442. The zero-order chi connectivity index (χ0) is 11.3. The summed E-state index contributed by atoms with van der Waals surface area (Å²) >= 11 is 0. The lowest BCUT2D eigenvalue weighted by atomic mass is 10.2. The van der Waals surface area contributed by atoms with Gasteiger partial charge >= 0.3 is 0 Å². The predicted molar refractivity (Wildman–Crippen MR) is 51.6 cm³/mol. The van der Waals surface area contributed by atoms with Crippen LogP contribution in [-0.2, 0) is 14.4 Å². The van der Waals surface area contributed by atoms with Crippen molar-refractivity contribution in [2.75, 3.05) is 14.1 Å². The lowest BCUT2D eigenvalue weighted by Gasteiger charge is -2.17. The van der Waals surface area contributed by atoms with Gasteiger partial charge in [0.25, 0.3) is 0 Å². The quantitative estimate of drug-likeness (QED) is 0.625. The fourth-order valence-electron chi connectivity index (χ4n) is 0.968. The van der Waals surface area contributed by atoms with Gasteiger partial charge in [0.15, 0.2) is 0 Å². The van der Waals surface area contributed by atoms with E-state index in [9.17, 15) is 14.4 Å². The molecule has 14 heavy (non-hydrogen) atoms. The summed E-state index contributed by atoms with van der Waals surface area (Å²) in [5.74, 6) is -0.825. The number of nitrogens with zero attached hydrogens (tertiary/aromatic N) is 1. The van der Waals surface area contributed by atoms with Gasteiger partial charge in [-0.2, -0.15) is 0 Å². The molecular formula is C9H16N2O3. The molecule has 0 radical (unpaired) electrons. The largest absolute Gasteiger partial charge is 0.347 e. The molecular weight excluding hydrogens is 184 g/mol. The molecule has 0 saturated carbocycles. The molecule has 0 aliphatic carbocycles. The maximum Gasteiger partial charge on any atom is 0.244 e. The minimum absolute atomic E-state index is 0.176. The van der Waals surface area contributed by atoms with Crippen molar-refractivity contribution in [1.82, 2.24) is 10.2 Å². The summed E-state index contributed by atoms with van der Waals surface area (Å²) < 4.78 is 0. The van der Waals surface area contributed by atoms with Crippen LogP contribution in [0.15, 0.2) is 0 Å². The summed E-state index contributed by atoms with van der Waals surface area (Å²) in [6.45, 7) is 2.92. The van der Waals surface area contributed by atoms with Gasteiger partial charge in [0.2, 0.25) is 11.8 Å². The molecule has 0 aromatic carbocycles. The van der Waals surface area contributed by atoms with Crippen LogP contribution in [0.5, 0.6) is 0 Å². The Morgan fingerprint density at radius 3 is 2.14 bits per heavy atom. The normalized spacial score (nSPS) is 11.7. The number of amides is 2. The molecule has 1 atom stereocenters. The summed E-state index contributed by atoms with van der Waals surface area (Å²) in [4.78, 5) is 34.3. The first-order valence-electron chi connectivity index (χ1n) is 4.34. The zero-order valence-electron chi connectivity index (χ0n) is 8.96. The second-order valence-electron chi connectivity index (χ2n) is 3.40. The van der Waals surface area contributed by atoms with Gasteiger partial charge in [0.05, 0.1) is 6.42 Å². The monoisotopic (exact) mass is 200 g/mol. The Bertz CT molecular complexity index is 248. The molecule has 1 N–H and O–H groups in total. The van der Waals surface area contributed by atoms with Crippen molar-refractivity contribution in [2.24, 2.45) is 0 Å². The Labute approximate surface area is 83.5 Å². The summed E-state index contributed by atoms with van der Waals surface area (Å²) in [6.07, 6.45) is -0.176. The Morgan fingerprint density at radius 2 is 1.79 bits per heavy atom. The van der Waals surface area contributed by atoms with Crippen LogP contribution < -0.4 is 5.32 Å². The fourth-order valence-corrected chi connectivity index (χ4v) is 0.968. The van der Waals surface area contributed by atoms with Crippen LogP contribution in [0.1, 0.15) is 20.3 Å². The van der Waals surface area contributed by atoms with Crippen LogP contribution in [0.3, 0.4) is 0 Å². The number of nitrogens with one attached hydrogen (secondary N) is 1. The van der Waals surface area contributed by atoms with Gasteiger partial charge in [-0.05, 0) is 13.8 Å². The van der Waals surface area contributed by atoms with Crippen molar-refractivity contribution >= 4 is 17.6 Å². The Hall–Kier alpha value is -1.39. The van der Waals surface area contributed by atoms with Crippen LogP contribution in [-0.4, -0.2) is 42.6 Å². The number of likely N-dealkylation sites (N-methyl/N-ethyl adjacent to an activating group) is 1. The van der Waals surface area contributed by atoms with Gasteiger partial charge in [-0.1, -0.05) is 0 Å². The first-order chi connectivity index (χ1) is 6.34. The van der Waals surface area contributed by atoms with E-state index in [2.05, 4.69) is 5.32 Å². The van der Waals surface area contributed by atoms with Gasteiger partial charge < -0.3 is 10.2 Å². The highest BCUT2D eigenvalue weighted by molar-refractivity contribution is 5.98. The maximum absolute atomic E-state index is 11.3. The second kappa shape index (κ2) is 5.36. The first kappa shape index (κ1) is 12.6. The molecule has 0 spiro atoms. The van der Waals surface area contributed by atoms with E-state index in [1.165, 1.54) is 11.8 Å². The number of hydrogen-bond acceptors (Lipinski definition) is 3. The lowest BCUT2D eigenvalue weighted by Crippen LogP contribution is -2.44. The molecule has 0 fully saturated rings. The van der Waals surface area contributed by atoms with Crippen LogP contribution in [0.25, 0.3) is 0 Å². The van der Waals surface area contributed by atoms with Gasteiger partial charge in [-0.25, -0.2) is 0 Å². The molecule has 0 aliphatic heterocycles. The molecule has 0 aromatic heterocycles. The number of carbonyl (C=O) groups is 3. The van der Waals surface area contributed by atoms with Gasteiger partial charge in [0.1, 0.15) is 11.8 Å². The van der Waals surface area contributed by atoms with E-state index in [1.54, 1.807) is 21.0 Å². The third-order valence-electron chi connectivity index (χ3n) is 1.60. The van der Waals surface area contributed by atoms with Crippen LogP contribution in [0.4, 0.5) is 0 Å². The van der Waals surface area contributed by atoms with Gasteiger partial charge in [-0.3, -0.25) is 14.4 Å². The summed E-state index contributed by atoms with van der Waals surface area (Å²) in [5, 5.41) is 2.44. The molecule has 0 aromatic rings. The Balaban J connectivity index is 4.06. The molecule has 0 heterocycles.